The number of hydrogen-bond donors (Lipinski definition) is 0. The van der Waals surface area contributed by atoms with Gasteiger partial charge >= 0.3 is 17.9 Å². The number of carbonyl (C=O) groups is 3. The molecule has 0 saturated carbocycles. The van der Waals surface area contributed by atoms with Crippen LogP contribution in [0.1, 0.15) is 393 Å². The van der Waals surface area contributed by atoms with Crippen molar-refractivity contribution in [2.24, 2.45) is 0 Å². The molecule has 0 bridgehead atoms. The molecule has 484 valence electrons. The first-order valence-corrected chi connectivity index (χ1v) is 36.8. The van der Waals surface area contributed by atoms with Gasteiger partial charge in [0.1, 0.15) is 13.2 Å². The van der Waals surface area contributed by atoms with Gasteiger partial charge in [-0.05, 0) is 83.5 Å². The molecule has 0 radical (unpaired) electrons. The summed E-state index contributed by atoms with van der Waals surface area (Å²) in [5, 5.41) is 0. The standard InChI is InChI=1S/C77H140O6/c1-4-7-10-13-16-19-22-25-28-30-31-32-33-34-35-36-37-38-39-40-41-42-43-44-45-47-49-52-55-58-61-64-67-70-76(79)82-73-74(72-81-75(78)69-66-63-60-57-54-51-48-27-24-21-18-15-12-9-6-3)83-77(80)71-68-65-62-59-56-53-50-46-29-26-23-20-17-14-11-8-5-2/h9,12,18,21-22,25,27,30-31,48,74H,4-8,10-11,13-17,19-20,23-24,26,28-29,32-47,49-73H2,1-3H3/b12-9-,21-18-,25-22-,31-30-,48-27-. The number of ether oxygens (including phenoxy) is 3. The Morgan fingerprint density at radius 2 is 0.470 bits per heavy atom. The van der Waals surface area contributed by atoms with Crippen LogP contribution in [-0.2, 0) is 28.6 Å². The van der Waals surface area contributed by atoms with E-state index in [0.29, 0.717) is 19.3 Å². The third kappa shape index (κ3) is 69.8. The molecule has 6 nitrogen and oxygen atoms in total. The number of allylic oxidation sites excluding steroid dienone is 10. The molecule has 0 amide bonds. The predicted molar refractivity (Wildman–Crippen MR) is 362 cm³/mol. The molecule has 83 heavy (non-hydrogen) atoms. The quantitative estimate of drug-likeness (QED) is 0.0261. The van der Waals surface area contributed by atoms with E-state index in [1.807, 2.05) is 0 Å². The molecular weight excluding hydrogens is 1020 g/mol. The molecule has 0 aromatic heterocycles. The number of carbonyl (C=O) groups excluding carboxylic acids is 3. The molecule has 1 unspecified atom stereocenters. The van der Waals surface area contributed by atoms with Gasteiger partial charge in [0.15, 0.2) is 6.10 Å². The van der Waals surface area contributed by atoms with E-state index in [4.69, 9.17) is 14.2 Å². The maximum Gasteiger partial charge on any atom is 0.306 e. The van der Waals surface area contributed by atoms with Crippen LogP contribution in [0.25, 0.3) is 0 Å². The molecule has 0 spiro atoms. The van der Waals surface area contributed by atoms with Crippen molar-refractivity contribution in [3.63, 3.8) is 0 Å². The van der Waals surface area contributed by atoms with Crippen LogP contribution in [0.4, 0.5) is 0 Å². The first-order valence-electron chi connectivity index (χ1n) is 36.8. The number of unbranched alkanes of at least 4 members (excludes halogenated alkanes) is 47. The minimum atomic E-state index is -0.779. The van der Waals surface area contributed by atoms with Crippen LogP contribution >= 0.6 is 0 Å². The Kier molecular flexibility index (Phi) is 69.1. The highest BCUT2D eigenvalue weighted by molar-refractivity contribution is 5.71. The summed E-state index contributed by atoms with van der Waals surface area (Å²) in [6.07, 6.45) is 92.7. The van der Waals surface area contributed by atoms with Crippen molar-refractivity contribution >= 4 is 17.9 Å². The monoisotopic (exact) mass is 1160 g/mol. The highest BCUT2D eigenvalue weighted by Gasteiger charge is 2.19. The van der Waals surface area contributed by atoms with Crippen molar-refractivity contribution in [3.05, 3.63) is 60.8 Å². The van der Waals surface area contributed by atoms with Crippen molar-refractivity contribution in [3.8, 4) is 0 Å². The maximum atomic E-state index is 12.9. The SMILES string of the molecule is CC/C=C\C/C=C\C/C=C\CCCCCCCC(=O)OCC(COC(=O)CCCCCCCCCCCCCCCCCCCCCCC/C=C\C/C=C\CCCCCCC)OC(=O)CCCCCCCCCCCCCCCCCCC. The van der Waals surface area contributed by atoms with E-state index < -0.39 is 6.10 Å². The topological polar surface area (TPSA) is 78.9 Å². The van der Waals surface area contributed by atoms with Gasteiger partial charge in [0, 0.05) is 19.3 Å². The summed E-state index contributed by atoms with van der Waals surface area (Å²) in [5.74, 6) is -0.865. The van der Waals surface area contributed by atoms with E-state index in [1.165, 1.54) is 250 Å². The first kappa shape index (κ1) is 80.1. The summed E-state index contributed by atoms with van der Waals surface area (Å²) in [4.78, 5) is 38.4. The van der Waals surface area contributed by atoms with Gasteiger partial charge in [-0.25, -0.2) is 0 Å². The van der Waals surface area contributed by atoms with Gasteiger partial charge in [-0.2, -0.15) is 0 Å². The Bertz CT molecular complexity index is 1470. The lowest BCUT2D eigenvalue weighted by atomic mass is 10.0. The van der Waals surface area contributed by atoms with Crippen LogP contribution in [0.2, 0.25) is 0 Å². The Morgan fingerprint density at radius 1 is 0.253 bits per heavy atom. The molecular formula is C77H140O6. The molecule has 1 atom stereocenters. The zero-order valence-corrected chi connectivity index (χ0v) is 55.7. The molecule has 0 aliphatic carbocycles. The summed E-state index contributed by atoms with van der Waals surface area (Å²) >= 11 is 0. The minimum absolute atomic E-state index is 0.0742. The van der Waals surface area contributed by atoms with E-state index in [9.17, 15) is 14.4 Å². The molecule has 0 heterocycles. The fraction of sp³-hybridized carbons (Fsp3) is 0.831. The smallest absolute Gasteiger partial charge is 0.306 e. The van der Waals surface area contributed by atoms with E-state index in [-0.39, 0.29) is 31.1 Å². The van der Waals surface area contributed by atoms with E-state index in [2.05, 4.69) is 81.5 Å². The second kappa shape index (κ2) is 71.6. The van der Waals surface area contributed by atoms with Crippen LogP contribution in [0.5, 0.6) is 0 Å². The van der Waals surface area contributed by atoms with Gasteiger partial charge in [-0.15, -0.1) is 0 Å². The summed E-state index contributed by atoms with van der Waals surface area (Å²) in [6.45, 7) is 6.57. The average molecular weight is 1160 g/mol. The second-order valence-corrected chi connectivity index (χ2v) is 24.8. The fourth-order valence-corrected chi connectivity index (χ4v) is 11.0. The molecule has 0 N–H and O–H groups in total. The van der Waals surface area contributed by atoms with Crippen LogP contribution in [-0.4, -0.2) is 37.2 Å². The van der Waals surface area contributed by atoms with Crippen LogP contribution in [0, 0.1) is 0 Å². The largest absolute Gasteiger partial charge is 0.462 e. The van der Waals surface area contributed by atoms with Crippen molar-refractivity contribution in [1.29, 1.82) is 0 Å². The molecule has 0 aromatic carbocycles. The van der Waals surface area contributed by atoms with Gasteiger partial charge in [-0.1, -0.05) is 351 Å². The zero-order chi connectivity index (χ0) is 59.9. The summed E-state index contributed by atoms with van der Waals surface area (Å²) in [7, 11) is 0. The Labute approximate surface area is 517 Å². The van der Waals surface area contributed by atoms with Crippen LogP contribution in [0.15, 0.2) is 60.8 Å². The van der Waals surface area contributed by atoms with Crippen molar-refractivity contribution in [2.75, 3.05) is 13.2 Å². The highest BCUT2D eigenvalue weighted by atomic mass is 16.6. The van der Waals surface area contributed by atoms with Crippen LogP contribution < -0.4 is 0 Å². The van der Waals surface area contributed by atoms with E-state index >= 15 is 0 Å². The summed E-state index contributed by atoms with van der Waals surface area (Å²) < 4.78 is 17.0. The lowest BCUT2D eigenvalue weighted by molar-refractivity contribution is -0.167. The van der Waals surface area contributed by atoms with Crippen molar-refractivity contribution in [1.82, 2.24) is 0 Å². The molecule has 0 aliphatic rings. The third-order valence-electron chi connectivity index (χ3n) is 16.5. The first-order chi connectivity index (χ1) is 41.0. The zero-order valence-electron chi connectivity index (χ0n) is 55.7. The molecule has 0 aromatic rings. The Morgan fingerprint density at radius 3 is 0.735 bits per heavy atom. The van der Waals surface area contributed by atoms with E-state index in [1.54, 1.807) is 0 Å². The van der Waals surface area contributed by atoms with Crippen LogP contribution in [0.3, 0.4) is 0 Å². The molecule has 0 fully saturated rings. The Hall–Kier alpha value is -2.89. The molecule has 6 heteroatoms. The second-order valence-electron chi connectivity index (χ2n) is 24.8. The normalized spacial score (nSPS) is 12.4. The molecule has 0 rings (SSSR count). The predicted octanol–water partition coefficient (Wildman–Crippen LogP) is 25.5. The highest BCUT2D eigenvalue weighted by Crippen LogP contribution is 2.19. The van der Waals surface area contributed by atoms with Gasteiger partial charge in [0.2, 0.25) is 0 Å². The third-order valence-corrected chi connectivity index (χ3v) is 16.5. The van der Waals surface area contributed by atoms with Gasteiger partial charge < -0.3 is 14.2 Å². The van der Waals surface area contributed by atoms with Gasteiger partial charge in [0.05, 0.1) is 0 Å². The van der Waals surface area contributed by atoms with E-state index in [0.717, 1.165) is 103 Å². The summed E-state index contributed by atoms with van der Waals surface area (Å²) in [6, 6.07) is 0. The molecule has 0 aliphatic heterocycles. The number of rotatable bonds is 68. The van der Waals surface area contributed by atoms with Gasteiger partial charge in [0.25, 0.3) is 0 Å². The minimum Gasteiger partial charge on any atom is -0.462 e. The number of esters is 3. The van der Waals surface area contributed by atoms with Gasteiger partial charge in [-0.3, -0.25) is 14.4 Å². The fourth-order valence-electron chi connectivity index (χ4n) is 11.0. The van der Waals surface area contributed by atoms with Crippen molar-refractivity contribution in [2.45, 2.75) is 399 Å². The average Bonchev–Trinajstić information content (AvgIpc) is 3.49. The molecule has 0 saturated heterocycles. The lowest BCUT2D eigenvalue weighted by Crippen LogP contribution is -2.30. The maximum absolute atomic E-state index is 12.9. The Balaban J connectivity index is 4.15. The number of hydrogen-bond acceptors (Lipinski definition) is 6. The summed E-state index contributed by atoms with van der Waals surface area (Å²) in [5.41, 5.74) is 0. The lowest BCUT2D eigenvalue weighted by Gasteiger charge is -2.18. The van der Waals surface area contributed by atoms with Crippen molar-refractivity contribution < 1.29 is 28.6 Å².